The topological polar surface area (TPSA) is 60.9 Å². The number of Topliss-reactive ketones (excluding diaryl/α,β-unsaturated/α-hetero) is 1. The number of ketones is 1. The molecular weight excluding hydrogens is 198 g/mol. The third-order valence-electron chi connectivity index (χ3n) is 1.75. The highest BCUT2D eigenvalue weighted by atomic mass is 32.1. The fourth-order valence-corrected chi connectivity index (χ4v) is 1.79. The van der Waals surface area contributed by atoms with E-state index in [0.29, 0.717) is 5.69 Å². The van der Waals surface area contributed by atoms with Crippen molar-refractivity contribution in [3.8, 4) is 0 Å². The van der Waals surface area contributed by atoms with Gasteiger partial charge in [0.05, 0.1) is 16.8 Å². The molecule has 14 heavy (non-hydrogen) atoms. The fourth-order valence-electron chi connectivity index (χ4n) is 1.13. The summed E-state index contributed by atoms with van der Waals surface area (Å²) in [6, 6.07) is 3.66. The second-order valence-electron chi connectivity index (χ2n) is 2.87. The number of anilines is 1. The van der Waals surface area contributed by atoms with E-state index in [1.54, 1.807) is 12.3 Å². The first-order chi connectivity index (χ1) is 6.75. The summed E-state index contributed by atoms with van der Waals surface area (Å²) in [5.74, 6) is 0.0584. The van der Waals surface area contributed by atoms with Gasteiger partial charge in [-0.1, -0.05) is 6.07 Å². The molecule has 2 aromatic rings. The van der Waals surface area contributed by atoms with Gasteiger partial charge in [-0.2, -0.15) is 5.10 Å². The van der Waals surface area contributed by atoms with Gasteiger partial charge < -0.3 is 5.73 Å². The molecule has 0 aliphatic carbocycles. The van der Waals surface area contributed by atoms with Crippen molar-refractivity contribution in [1.82, 2.24) is 9.78 Å². The zero-order valence-electron chi connectivity index (χ0n) is 7.38. The van der Waals surface area contributed by atoms with Crippen LogP contribution in [0, 0.1) is 0 Å². The smallest absolute Gasteiger partial charge is 0.194 e. The monoisotopic (exact) mass is 207 g/mol. The third kappa shape index (κ3) is 1.82. The van der Waals surface area contributed by atoms with E-state index in [-0.39, 0.29) is 12.3 Å². The van der Waals surface area contributed by atoms with Crippen LogP contribution >= 0.6 is 11.3 Å². The molecule has 0 atom stereocenters. The lowest BCUT2D eigenvalue weighted by Gasteiger charge is -1.97. The molecule has 0 aliphatic rings. The summed E-state index contributed by atoms with van der Waals surface area (Å²) in [6.45, 7) is 0.248. The van der Waals surface area contributed by atoms with Crippen molar-refractivity contribution in [3.63, 3.8) is 0 Å². The van der Waals surface area contributed by atoms with Gasteiger partial charge in [0, 0.05) is 6.20 Å². The Kier molecular flexibility index (Phi) is 2.32. The van der Waals surface area contributed by atoms with Crippen LogP contribution in [0.3, 0.4) is 0 Å². The zero-order chi connectivity index (χ0) is 9.97. The molecule has 4 nitrogen and oxygen atoms in total. The largest absolute Gasteiger partial charge is 0.396 e. The molecule has 0 aliphatic heterocycles. The molecule has 0 radical (unpaired) electrons. The summed E-state index contributed by atoms with van der Waals surface area (Å²) < 4.78 is 1.54. The van der Waals surface area contributed by atoms with Crippen molar-refractivity contribution < 1.29 is 4.79 Å². The number of nitrogen functional groups attached to an aromatic ring is 1. The van der Waals surface area contributed by atoms with Gasteiger partial charge in [-0.15, -0.1) is 11.3 Å². The van der Waals surface area contributed by atoms with Gasteiger partial charge in [-0.3, -0.25) is 9.48 Å². The minimum atomic E-state index is 0.0584. The van der Waals surface area contributed by atoms with E-state index in [9.17, 15) is 4.79 Å². The van der Waals surface area contributed by atoms with Crippen LogP contribution in [-0.4, -0.2) is 15.6 Å². The fraction of sp³-hybridized carbons (Fsp3) is 0.111. The van der Waals surface area contributed by atoms with E-state index in [0.717, 1.165) is 4.88 Å². The van der Waals surface area contributed by atoms with Gasteiger partial charge in [-0.05, 0) is 11.4 Å². The number of carbonyl (C=O) groups excluding carboxylic acids is 1. The zero-order valence-corrected chi connectivity index (χ0v) is 8.20. The van der Waals surface area contributed by atoms with Gasteiger partial charge in [0.15, 0.2) is 5.78 Å². The first-order valence-electron chi connectivity index (χ1n) is 4.10. The highest BCUT2D eigenvalue weighted by Crippen LogP contribution is 2.10. The van der Waals surface area contributed by atoms with Crippen LogP contribution in [0.2, 0.25) is 0 Å². The third-order valence-corrected chi connectivity index (χ3v) is 2.67. The maximum Gasteiger partial charge on any atom is 0.194 e. The molecule has 0 amide bonds. The summed E-state index contributed by atoms with van der Waals surface area (Å²) in [5, 5.41) is 5.82. The molecular formula is C9H9N3OS. The second kappa shape index (κ2) is 3.63. The number of nitrogens with two attached hydrogens (primary N) is 1. The Labute approximate surface area is 85.0 Å². The van der Waals surface area contributed by atoms with Crippen LogP contribution in [0.4, 0.5) is 5.69 Å². The van der Waals surface area contributed by atoms with Crippen molar-refractivity contribution in [2.75, 3.05) is 5.73 Å². The van der Waals surface area contributed by atoms with Crippen LogP contribution in [0.5, 0.6) is 0 Å². The van der Waals surface area contributed by atoms with Crippen LogP contribution in [-0.2, 0) is 6.54 Å². The highest BCUT2D eigenvalue weighted by Gasteiger charge is 2.07. The normalized spacial score (nSPS) is 10.3. The molecule has 2 rings (SSSR count). The van der Waals surface area contributed by atoms with E-state index in [4.69, 9.17) is 5.73 Å². The highest BCUT2D eigenvalue weighted by molar-refractivity contribution is 7.12. The van der Waals surface area contributed by atoms with Crippen LogP contribution in [0.25, 0.3) is 0 Å². The summed E-state index contributed by atoms with van der Waals surface area (Å²) >= 11 is 1.44. The van der Waals surface area contributed by atoms with Gasteiger partial charge in [-0.25, -0.2) is 0 Å². The van der Waals surface area contributed by atoms with Crippen molar-refractivity contribution >= 4 is 22.8 Å². The minimum absolute atomic E-state index is 0.0584. The summed E-state index contributed by atoms with van der Waals surface area (Å²) in [7, 11) is 0. The average Bonchev–Trinajstić information content (AvgIpc) is 2.75. The molecule has 0 saturated heterocycles. The molecule has 72 valence electrons. The van der Waals surface area contributed by atoms with Crippen LogP contribution < -0.4 is 5.73 Å². The molecule has 2 aromatic heterocycles. The van der Waals surface area contributed by atoms with E-state index in [2.05, 4.69) is 5.10 Å². The number of rotatable bonds is 3. The molecule has 0 bridgehead atoms. The number of aromatic nitrogens is 2. The second-order valence-corrected chi connectivity index (χ2v) is 3.82. The Morgan fingerprint density at radius 3 is 3.07 bits per heavy atom. The lowest BCUT2D eigenvalue weighted by atomic mass is 10.3. The number of nitrogens with zero attached hydrogens (tertiary/aromatic N) is 2. The van der Waals surface area contributed by atoms with Crippen molar-refractivity contribution in [2.24, 2.45) is 0 Å². The Morgan fingerprint density at radius 1 is 1.64 bits per heavy atom. The molecule has 5 heteroatoms. The summed E-state index contributed by atoms with van der Waals surface area (Å²) in [4.78, 5) is 12.3. The number of hydrogen-bond acceptors (Lipinski definition) is 4. The Balaban J connectivity index is 2.09. The summed E-state index contributed by atoms with van der Waals surface area (Å²) in [5.41, 5.74) is 6.05. The minimum Gasteiger partial charge on any atom is -0.396 e. The molecule has 2 heterocycles. The van der Waals surface area contributed by atoms with Crippen molar-refractivity contribution in [2.45, 2.75) is 6.54 Å². The molecule has 0 spiro atoms. The molecule has 2 N–H and O–H groups in total. The first-order valence-corrected chi connectivity index (χ1v) is 4.98. The molecule has 0 aromatic carbocycles. The lowest BCUT2D eigenvalue weighted by Crippen LogP contribution is -2.09. The molecule has 0 unspecified atom stereocenters. The Hall–Kier alpha value is -1.62. The standard InChI is InChI=1S/C9H9N3OS/c10-7-4-11-12(5-7)6-8(13)9-2-1-3-14-9/h1-5H,6,10H2. The molecule has 0 fully saturated rings. The van der Waals surface area contributed by atoms with E-state index in [1.807, 2.05) is 11.4 Å². The lowest BCUT2D eigenvalue weighted by molar-refractivity contribution is 0.0972. The van der Waals surface area contributed by atoms with E-state index < -0.39 is 0 Å². The predicted molar refractivity (Wildman–Crippen MR) is 55.3 cm³/mol. The van der Waals surface area contributed by atoms with Crippen LogP contribution in [0.15, 0.2) is 29.9 Å². The maximum absolute atomic E-state index is 11.6. The number of hydrogen-bond donors (Lipinski definition) is 1. The number of carbonyl (C=O) groups is 1. The van der Waals surface area contributed by atoms with Gasteiger partial charge in [0.2, 0.25) is 0 Å². The average molecular weight is 207 g/mol. The Morgan fingerprint density at radius 2 is 2.50 bits per heavy atom. The first kappa shape index (κ1) is 8.96. The number of thiophene rings is 1. The van der Waals surface area contributed by atoms with Gasteiger partial charge in [0.25, 0.3) is 0 Å². The van der Waals surface area contributed by atoms with Crippen molar-refractivity contribution in [3.05, 3.63) is 34.8 Å². The predicted octanol–water partition coefficient (Wildman–Crippen LogP) is 1.41. The van der Waals surface area contributed by atoms with Crippen molar-refractivity contribution in [1.29, 1.82) is 0 Å². The summed E-state index contributed by atoms with van der Waals surface area (Å²) in [6.07, 6.45) is 3.17. The quantitative estimate of drug-likeness (QED) is 0.774. The van der Waals surface area contributed by atoms with Gasteiger partial charge in [0.1, 0.15) is 6.54 Å². The van der Waals surface area contributed by atoms with Crippen LogP contribution in [0.1, 0.15) is 9.67 Å². The molecule has 0 saturated carbocycles. The van der Waals surface area contributed by atoms with E-state index in [1.165, 1.54) is 22.2 Å². The SMILES string of the molecule is Nc1cnn(CC(=O)c2cccs2)c1. The van der Waals surface area contributed by atoms with Gasteiger partial charge >= 0.3 is 0 Å². The maximum atomic E-state index is 11.6. The van der Waals surface area contributed by atoms with E-state index >= 15 is 0 Å². The Bertz CT molecular complexity index is 433.